The zero-order chi connectivity index (χ0) is 12.0. The lowest BCUT2D eigenvalue weighted by molar-refractivity contribution is -0.118. The van der Waals surface area contributed by atoms with Crippen LogP contribution >= 0.6 is 15.9 Å². The van der Waals surface area contributed by atoms with Crippen LogP contribution < -0.4 is 11.1 Å². The summed E-state index contributed by atoms with van der Waals surface area (Å²) in [5.74, 6) is 5.95. The van der Waals surface area contributed by atoms with Gasteiger partial charge in [-0.1, -0.05) is 11.8 Å². The predicted molar refractivity (Wildman–Crippen MR) is 68.7 cm³/mol. The van der Waals surface area contributed by atoms with Crippen molar-refractivity contribution in [2.75, 3.05) is 12.3 Å². The summed E-state index contributed by atoms with van der Waals surface area (Å²) in [5, 5.41) is 2.68. The van der Waals surface area contributed by atoms with Crippen molar-refractivity contribution in [3.05, 3.63) is 28.2 Å². The molecular formula is C12H13BrN2O. The van der Waals surface area contributed by atoms with Gasteiger partial charge in [0.25, 0.3) is 0 Å². The summed E-state index contributed by atoms with van der Waals surface area (Å²) in [5.41, 5.74) is 7.26. The number of rotatable bonds is 2. The molecule has 0 atom stereocenters. The third kappa shape index (κ3) is 4.37. The van der Waals surface area contributed by atoms with Crippen molar-refractivity contribution in [2.24, 2.45) is 0 Å². The Balaban J connectivity index is 2.50. The van der Waals surface area contributed by atoms with Crippen LogP contribution in [0, 0.1) is 11.8 Å². The lowest BCUT2D eigenvalue weighted by Gasteiger charge is -1.97. The van der Waals surface area contributed by atoms with Crippen LogP contribution in [-0.2, 0) is 4.79 Å². The van der Waals surface area contributed by atoms with Gasteiger partial charge in [0.15, 0.2) is 0 Å². The molecule has 0 spiro atoms. The molecule has 0 aliphatic carbocycles. The van der Waals surface area contributed by atoms with E-state index in [-0.39, 0.29) is 5.91 Å². The molecule has 4 heteroatoms. The van der Waals surface area contributed by atoms with Crippen molar-refractivity contribution >= 4 is 27.5 Å². The van der Waals surface area contributed by atoms with E-state index in [1.807, 2.05) is 18.2 Å². The fraction of sp³-hybridized carbons (Fsp3) is 0.250. The maximum atomic E-state index is 10.6. The topological polar surface area (TPSA) is 55.1 Å². The molecule has 0 radical (unpaired) electrons. The molecule has 16 heavy (non-hydrogen) atoms. The second-order valence-electron chi connectivity index (χ2n) is 3.27. The number of anilines is 1. The first-order valence-electron chi connectivity index (χ1n) is 4.88. The van der Waals surface area contributed by atoms with E-state index in [0.29, 0.717) is 18.7 Å². The van der Waals surface area contributed by atoms with Gasteiger partial charge in [0, 0.05) is 35.6 Å². The number of carbonyl (C=O) groups is 1. The zero-order valence-electron chi connectivity index (χ0n) is 9.01. The number of nitrogens with one attached hydrogen (secondary N) is 1. The summed E-state index contributed by atoms with van der Waals surface area (Å²) in [6.07, 6.45) is 0.640. The number of carbonyl (C=O) groups excluding carboxylic acids is 1. The fourth-order valence-electron chi connectivity index (χ4n) is 1.07. The lowest BCUT2D eigenvalue weighted by Crippen LogP contribution is -2.20. The highest BCUT2D eigenvalue weighted by Gasteiger charge is 1.94. The molecule has 0 heterocycles. The Kier molecular flexibility index (Phi) is 4.87. The molecule has 0 bridgehead atoms. The van der Waals surface area contributed by atoms with Gasteiger partial charge in [-0.05, 0) is 34.1 Å². The van der Waals surface area contributed by atoms with Crippen LogP contribution in [0.5, 0.6) is 0 Å². The average Bonchev–Trinajstić information content (AvgIpc) is 2.22. The van der Waals surface area contributed by atoms with E-state index < -0.39 is 0 Å². The largest absolute Gasteiger partial charge is 0.398 e. The standard InChI is InChI=1S/C12H13BrN2O/c1-9(16)15-7-3-2-4-10-5-6-12(14)11(13)8-10/h5-6,8H,3,7,14H2,1H3,(H,15,16). The van der Waals surface area contributed by atoms with Gasteiger partial charge in [-0.3, -0.25) is 4.79 Å². The first-order valence-corrected chi connectivity index (χ1v) is 5.67. The molecular weight excluding hydrogens is 268 g/mol. The van der Waals surface area contributed by atoms with Crippen LogP contribution in [0.1, 0.15) is 18.9 Å². The monoisotopic (exact) mass is 280 g/mol. The first-order chi connectivity index (χ1) is 7.59. The summed E-state index contributed by atoms with van der Waals surface area (Å²) in [6.45, 7) is 2.07. The van der Waals surface area contributed by atoms with Crippen molar-refractivity contribution in [2.45, 2.75) is 13.3 Å². The Labute approximate surface area is 104 Å². The zero-order valence-corrected chi connectivity index (χ0v) is 10.6. The Morgan fingerprint density at radius 2 is 2.31 bits per heavy atom. The Bertz CT molecular complexity index is 446. The molecule has 0 aliphatic rings. The number of nitrogen functional groups attached to an aromatic ring is 1. The number of benzene rings is 1. The fourth-order valence-corrected chi connectivity index (χ4v) is 1.45. The predicted octanol–water partition coefficient (Wildman–Crippen LogP) is 1.91. The van der Waals surface area contributed by atoms with Gasteiger partial charge >= 0.3 is 0 Å². The van der Waals surface area contributed by atoms with Crippen LogP contribution in [0.25, 0.3) is 0 Å². The maximum absolute atomic E-state index is 10.6. The maximum Gasteiger partial charge on any atom is 0.216 e. The SMILES string of the molecule is CC(=O)NCCC#Cc1ccc(N)c(Br)c1. The van der Waals surface area contributed by atoms with Crippen molar-refractivity contribution < 1.29 is 4.79 Å². The highest BCUT2D eigenvalue weighted by atomic mass is 79.9. The molecule has 0 fully saturated rings. The van der Waals surface area contributed by atoms with Crippen molar-refractivity contribution in [3.63, 3.8) is 0 Å². The molecule has 1 aromatic rings. The summed E-state index contributed by atoms with van der Waals surface area (Å²) < 4.78 is 0.848. The molecule has 3 nitrogen and oxygen atoms in total. The normalized spacial score (nSPS) is 9.12. The Hall–Kier alpha value is -1.47. The number of hydrogen-bond donors (Lipinski definition) is 2. The van der Waals surface area contributed by atoms with Gasteiger partial charge in [0.1, 0.15) is 0 Å². The van der Waals surface area contributed by atoms with E-state index in [1.165, 1.54) is 6.92 Å². The van der Waals surface area contributed by atoms with E-state index >= 15 is 0 Å². The van der Waals surface area contributed by atoms with E-state index in [1.54, 1.807) is 0 Å². The molecule has 3 N–H and O–H groups in total. The molecule has 0 saturated heterocycles. The third-order valence-electron chi connectivity index (χ3n) is 1.86. The molecule has 0 saturated carbocycles. The molecule has 1 aromatic carbocycles. The minimum Gasteiger partial charge on any atom is -0.398 e. The van der Waals surface area contributed by atoms with E-state index in [2.05, 4.69) is 33.1 Å². The van der Waals surface area contributed by atoms with E-state index in [4.69, 9.17) is 5.73 Å². The third-order valence-corrected chi connectivity index (χ3v) is 2.54. The molecule has 0 aliphatic heterocycles. The van der Waals surface area contributed by atoms with Crippen LogP contribution in [-0.4, -0.2) is 12.5 Å². The van der Waals surface area contributed by atoms with Crippen LogP contribution in [0.3, 0.4) is 0 Å². The number of halogens is 1. The van der Waals surface area contributed by atoms with Crippen molar-refractivity contribution in [1.82, 2.24) is 5.32 Å². The minimum atomic E-state index is -0.0305. The van der Waals surface area contributed by atoms with Gasteiger partial charge in [-0.25, -0.2) is 0 Å². The highest BCUT2D eigenvalue weighted by Crippen LogP contribution is 2.19. The summed E-state index contributed by atoms with van der Waals surface area (Å²) in [6, 6.07) is 5.55. The smallest absolute Gasteiger partial charge is 0.216 e. The summed E-state index contributed by atoms with van der Waals surface area (Å²) in [4.78, 5) is 10.6. The quantitative estimate of drug-likeness (QED) is 0.494. The number of nitrogens with two attached hydrogens (primary N) is 1. The molecule has 1 amide bonds. The molecule has 0 aromatic heterocycles. The Morgan fingerprint density at radius 3 is 2.94 bits per heavy atom. The van der Waals surface area contributed by atoms with E-state index in [9.17, 15) is 4.79 Å². The van der Waals surface area contributed by atoms with Crippen molar-refractivity contribution in [1.29, 1.82) is 0 Å². The van der Waals surface area contributed by atoms with Crippen molar-refractivity contribution in [3.8, 4) is 11.8 Å². The first kappa shape index (κ1) is 12.6. The lowest BCUT2D eigenvalue weighted by atomic mass is 10.2. The second-order valence-corrected chi connectivity index (χ2v) is 4.13. The molecule has 0 unspecified atom stereocenters. The van der Waals surface area contributed by atoms with Gasteiger partial charge in [0.05, 0.1) is 0 Å². The van der Waals surface area contributed by atoms with Gasteiger partial charge in [-0.15, -0.1) is 0 Å². The Morgan fingerprint density at radius 1 is 1.56 bits per heavy atom. The van der Waals surface area contributed by atoms with Crippen LogP contribution in [0.15, 0.2) is 22.7 Å². The number of amides is 1. The summed E-state index contributed by atoms with van der Waals surface area (Å²) >= 11 is 3.34. The second kappa shape index (κ2) is 6.19. The summed E-state index contributed by atoms with van der Waals surface area (Å²) in [7, 11) is 0. The van der Waals surface area contributed by atoms with Crippen LogP contribution in [0.2, 0.25) is 0 Å². The average molecular weight is 281 g/mol. The van der Waals surface area contributed by atoms with Gasteiger partial charge < -0.3 is 11.1 Å². The highest BCUT2D eigenvalue weighted by molar-refractivity contribution is 9.10. The number of hydrogen-bond acceptors (Lipinski definition) is 2. The minimum absolute atomic E-state index is 0.0305. The van der Waals surface area contributed by atoms with Gasteiger partial charge in [-0.2, -0.15) is 0 Å². The van der Waals surface area contributed by atoms with Crippen LogP contribution in [0.4, 0.5) is 5.69 Å². The van der Waals surface area contributed by atoms with Gasteiger partial charge in [0.2, 0.25) is 5.91 Å². The molecule has 1 rings (SSSR count). The molecule has 84 valence electrons. The van der Waals surface area contributed by atoms with E-state index in [0.717, 1.165) is 10.0 Å².